The average molecular weight is 168 g/mol. The molecule has 10 heavy (non-hydrogen) atoms. The Morgan fingerprint density at radius 3 is 2.00 bits per heavy atom. The molecule has 62 valence electrons. The van der Waals surface area contributed by atoms with E-state index in [4.69, 9.17) is 5.73 Å². The maximum Gasteiger partial charge on any atom is 0.322 e. The molecule has 0 heterocycles. The maximum absolute atomic E-state index is 10.6. The SMILES string of the molecule is COC(=O)C(N)C(C)C.Cl. The standard InChI is InChI=1S/C6H13NO2.ClH/c1-4(2)5(7)6(8)9-3;/h4-5H,7H2,1-3H3;1H. The highest BCUT2D eigenvalue weighted by molar-refractivity contribution is 5.85. The molecule has 0 saturated carbocycles. The predicted molar refractivity (Wildman–Crippen MR) is 42.1 cm³/mol. The summed E-state index contributed by atoms with van der Waals surface area (Å²) in [6.45, 7) is 3.75. The molecule has 0 aliphatic rings. The molecule has 1 unspecified atom stereocenters. The summed E-state index contributed by atoms with van der Waals surface area (Å²) in [6.07, 6.45) is 0. The van der Waals surface area contributed by atoms with Gasteiger partial charge in [0.2, 0.25) is 0 Å². The van der Waals surface area contributed by atoms with E-state index >= 15 is 0 Å². The van der Waals surface area contributed by atoms with Crippen molar-refractivity contribution in [1.29, 1.82) is 0 Å². The highest BCUT2D eigenvalue weighted by atomic mass is 35.5. The van der Waals surface area contributed by atoms with Crippen LogP contribution in [-0.2, 0) is 9.53 Å². The Hall–Kier alpha value is -0.280. The second kappa shape index (κ2) is 5.50. The van der Waals surface area contributed by atoms with Crippen molar-refractivity contribution in [1.82, 2.24) is 0 Å². The number of esters is 1. The lowest BCUT2D eigenvalue weighted by atomic mass is 10.1. The van der Waals surface area contributed by atoms with Gasteiger partial charge in [0.25, 0.3) is 0 Å². The highest BCUT2D eigenvalue weighted by Gasteiger charge is 2.16. The Morgan fingerprint density at radius 1 is 1.50 bits per heavy atom. The van der Waals surface area contributed by atoms with Crippen LogP contribution >= 0.6 is 12.4 Å². The topological polar surface area (TPSA) is 52.3 Å². The molecule has 0 aromatic heterocycles. The molecule has 0 fully saturated rings. The quantitative estimate of drug-likeness (QED) is 0.612. The molecule has 0 amide bonds. The summed E-state index contributed by atoms with van der Waals surface area (Å²) in [6, 6.07) is -0.477. The third-order valence-electron chi connectivity index (χ3n) is 1.19. The van der Waals surface area contributed by atoms with Gasteiger partial charge in [0.15, 0.2) is 0 Å². The molecule has 0 spiro atoms. The second-order valence-corrected chi connectivity index (χ2v) is 2.29. The van der Waals surface area contributed by atoms with Crippen LogP contribution in [0, 0.1) is 5.92 Å². The predicted octanol–water partition coefficient (Wildman–Crippen LogP) is 0.565. The first-order chi connectivity index (χ1) is 4.09. The summed E-state index contributed by atoms with van der Waals surface area (Å²) < 4.78 is 4.41. The van der Waals surface area contributed by atoms with Crippen LogP contribution < -0.4 is 5.73 Å². The van der Waals surface area contributed by atoms with E-state index in [1.807, 2.05) is 13.8 Å². The van der Waals surface area contributed by atoms with Gasteiger partial charge in [0, 0.05) is 0 Å². The summed E-state index contributed by atoms with van der Waals surface area (Å²) >= 11 is 0. The van der Waals surface area contributed by atoms with Crippen LogP contribution in [0.3, 0.4) is 0 Å². The van der Waals surface area contributed by atoms with E-state index in [-0.39, 0.29) is 24.3 Å². The van der Waals surface area contributed by atoms with Crippen molar-refractivity contribution in [2.24, 2.45) is 11.7 Å². The van der Waals surface area contributed by atoms with Gasteiger partial charge >= 0.3 is 5.97 Å². The zero-order valence-electron chi connectivity index (χ0n) is 6.46. The van der Waals surface area contributed by atoms with Gasteiger partial charge in [-0.1, -0.05) is 13.8 Å². The third-order valence-corrected chi connectivity index (χ3v) is 1.19. The Balaban J connectivity index is 0. The van der Waals surface area contributed by atoms with Crippen LogP contribution in [-0.4, -0.2) is 19.1 Å². The van der Waals surface area contributed by atoms with Crippen molar-refractivity contribution >= 4 is 18.4 Å². The Labute approximate surface area is 67.3 Å². The average Bonchev–Trinajstić information content (AvgIpc) is 1.84. The van der Waals surface area contributed by atoms with E-state index < -0.39 is 6.04 Å². The molecule has 0 bridgehead atoms. The smallest absolute Gasteiger partial charge is 0.322 e. The molecule has 0 aliphatic carbocycles. The fraction of sp³-hybridized carbons (Fsp3) is 0.833. The molecule has 0 aliphatic heterocycles. The minimum Gasteiger partial charge on any atom is -0.468 e. The molecule has 1 atom stereocenters. The lowest BCUT2D eigenvalue weighted by Gasteiger charge is -2.11. The van der Waals surface area contributed by atoms with E-state index in [0.29, 0.717) is 0 Å². The lowest BCUT2D eigenvalue weighted by molar-refractivity contribution is -0.143. The van der Waals surface area contributed by atoms with Crippen LogP contribution in [0.1, 0.15) is 13.8 Å². The molecule has 2 N–H and O–H groups in total. The number of ether oxygens (including phenoxy) is 1. The minimum absolute atomic E-state index is 0. The van der Waals surface area contributed by atoms with Crippen molar-refractivity contribution in [2.45, 2.75) is 19.9 Å². The summed E-state index contributed by atoms with van der Waals surface area (Å²) in [7, 11) is 1.34. The number of halogens is 1. The van der Waals surface area contributed by atoms with Crippen molar-refractivity contribution in [3.63, 3.8) is 0 Å². The Kier molecular flexibility index (Phi) is 6.82. The van der Waals surface area contributed by atoms with Gasteiger partial charge in [-0.3, -0.25) is 4.79 Å². The monoisotopic (exact) mass is 167 g/mol. The van der Waals surface area contributed by atoms with Crippen molar-refractivity contribution in [3.8, 4) is 0 Å². The lowest BCUT2D eigenvalue weighted by Crippen LogP contribution is -2.36. The minimum atomic E-state index is -0.477. The normalized spacial score (nSPS) is 12.1. The number of carbonyl (C=O) groups is 1. The second-order valence-electron chi connectivity index (χ2n) is 2.29. The van der Waals surface area contributed by atoms with Crippen LogP contribution in [0.4, 0.5) is 0 Å². The van der Waals surface area contributed by atoms with Gasteiger partial charge < -0.3 is 10.5 Å². The van der Waals surface area contributed by atoms with Gasteiger partial charge in [0.1, 0.15) is 6.04 Å². The zero-order chi connectivity index (χ0) is 7.44. The molecule has 0 aromatic carbocycles. The van der Waals surface area contributed by atoms with Crippen LogP contribution in [0.5, 0.6) is 0 Å². The molecule has 0 aromatic rings. The summed E-state index contributed by atoms with van der Waals surface area (Å²) in [5.74, 6) is -0.192. The molecular weight excluding hydrogens is 154 g/mol. The van der Waals surface area contributed by atoms with Crippen LogP contribution in [0.15, 0.2) is 0 Å². The van der Waals surface area contributed by atoms with E-state index in [0.717, 1.165) is 0 Å². The van der Waals surface area contributed by atoms with Crippen LogP contribution in [0.25, 0.3) is 0 Å². The summed E-state index contributed by atoms with van der Waals surface area (Å²) in [4.78, 5) is 10.6. The van der Waals surface area contributed by atoms with Crippen molar-refractivity contribution < 1.29 is 9.53 Å². The molecule has 3 nitrogen and oxygen atoms in total. The zero-order valence-corrected chi connectivity index (χ0v) is 7.27. The van der Waals surface area contributed by atoms with Crippen molar-refractivity contribution in [3.05, 3.63) is 0 Å². The van der Waals surface area contributed by atoms with Gasteiger partial charge in [-0.05, 0) is 5.92 Å². The fourth-order valence-electron chi connectivity index (χ4n) is 0.408. The van der Waals surface area contributed by atoms with Gasteiger partial charge in [-0.15, -0.1) is 12.4 Å². The first-order valence-corrected chi connectivity index (χ1v) is 2.93. The molecule has 0 radical (unpaired) electrons. The van der Waals surface area contributed by atoms with E-state index in [1.165, 1.54) is 7.11 Å². The molecule has 4 heteroatoms. The number of hydrogen-bond donors (Lipinski definition) is 1. The first kappa shape index (κ1) is 12.4. The van der Waals surface area contributed by atoms with Crippen LogP contribution in [0.2, 0.25) is 0 Å². The van der Waals surface area contributed by atoms with E-state index in [2.05, 4.69) is 4.74 Å². The van der Waals surface area contributed by atoms with E-state index in [9.17, 15) is 4.79 Å². The number of carbonyl (C=O) groups excluding carboxylic acids is 1. The Morgan fingerprint density at radius 2 is 1.90 bits per heavy atom. The number of nitrogens with two attached hydrogens (primary N) is 1. The highest BCUT2D eigenvalue weighted by Crippen LogP contribution is 1.98. The number of methoxy groups -OCH3 is 1. The molecule has 0 saturated heterocycles. The summed E-state index contributed by atoms with van der Waals surface area (Å²) in [5.41, 5.74) is 5.40. The summed E-state index contributed by atoms with van der Waals surface area (Å²) in [5, 5.41) is 0. The number of rotatable bonds is 2. The largest absolute Gasteiger partial charge is 0.468 e. The van der Waals surface area contributed by atoms with Gasteiger partial charge in [-0.25, -0.2) is 0 Å². The first-order valence-electron chi connectivity index (χ1n) is 2.93. The van der Waals surface area contributed by atoms with Gasteiger partial charge in [0.05, 0.1) is 7.11 Å². The third kappa shape index (κ3) is 3.69. The maximum atomic E-state index is 10.6. The molecule has 0 rings (SSSR count). The fourth-order valence-corrected chi connectivity index (χ4v) is 0.408. The van der Waals surface area contributed by atoms with Gasteiger partial charge in [-0.2, -0.15) is 0 Å². The Bertz CT molecular complexity index is 106. The van der Waals surface area contributed by atoms with Crippen molar-refractivity contribution in [2.75, 3.05) is 7.11 Å². The molecular formula is C6H14ClNO2. The number of hydrogen-bond acceptors (Lipinski definition) is 3. The van der Waals surface area contributed by atoms with E-state index in [1.54, 1.807) is 0 Å².